The summed E-state index contributed by atoms with van der Waals surface area (Å²) in [5, 5.41) is 9.09. The fourth-order valence-electron chi connectivity index (χ4n) is 1.49. The Balaban J connectivity index is 2.38. The maximum Gasteiger partial charge on any atom is 0.263 e. The summed E-state index contributed by atoms with van der Waals surface area (Å²) in [6.45, 7) is -0.598. The molecule has 0 bridgehead atoms. The van der Waals surface area contributed by atoms with Crippen molar-refractivity contribution in [3.8, 4) is 0 Å². The van der Waals surface area contributed by atoms with Crippen LogP contribution in [0.4, 0.5) is 10.2 Å². The lowest BCUT2D eigenvalue weighted by Gasteiger charge is -2.09. The van der Waals surface area contributed by atoms with E-state index in [4.69, 9.17) is 16.7 Å². The van der Waals surface area contributed by atoms with Gasteiger partial charge in [0.1, 0.15) is 5.82 Å². The Morgan fingerprint density at radius 2 is 2.10 bits per heavy atom. The second-order valence-electron chi connectivity index (χ2n) is 3.85. The van der Waals surface area contributed by atoms with Crippen LogP contribution < -0.4 is 4.72 Å². The van der Waals surface area contributed by atoms with Gasteiger partial charge in [-0.25, -0.2) is 17.8 Å². The first-order valence-corrected chi connectivity index (χ1v) is 7.33. The van der Waals surface area contributed by atoms with Crippen molar-refractivity contribution in [1.29, 1.82) is 0 Å². The van der Waals surface area contributed by atoms with E-state index in [1.807, 2.05) is 0 Å². The lowest BCUT2D eigenvalue weighted by molar-refractivity contribution is 0.275. The number of nitrogens with zero attached hydrogens (tertiary/aromatic N) is 1. The maximum absolute atomic E-state index is 13.2. The maximum atomic E-state index is 13.2. The Hall–Kier alpha value is -1.70. The number of nitrogens with one attached hydrogen (secondary N) is 1. The van der Waals surface area contributed by atoms with Gasteiger partial charge < -0.3 is 5.11 Å². The summed E-state index contributed by atoms with van der Waals surface area (Å²) < 4.78 is 39.7. The molecular weight excluding hydrogens is 307 g/mol. The molecule has 0 radical (unpaired) electrons. The second-order valence-corrected chi connectivity index (χ2v) is 5.94. The Morgan fingerprint density at radius 1 is 1.35 bits per heavy atom. The van der Waals surface area contributed by atoms with Crippen LogP contribution in [0.3, 0.4) is 0 Å². The van der Waals surface area contributed by atoms with Crippen molar-refractivity contribution in [1.82, 2.24) is 4.98 Å². The van der Waals surface area contributed by atoms with Crippen LogP contribution in [-0.4, -0.2) is 18.5 Å². The Labute approximate surface area is 120 Å². The zero-order chi connectivity index (χ0) is 14.8. The molecule has 0 fully saturated rings. The molecule has 1 aromatic carbocycles. The SMILES string of the molecule is O=S(=O)(Nc1ncccc1Cl)c1ccc(F)c(CO)c1. The van der Waals surface area contributed by atoms with Gasteiger partial charge in [0.25, 0.3) is 10.0 Å². The molecule has 0 aliphatic rings. The summed E-state index contributed by atoms with van der Waals surface area (Å²) in [6.07, 6.45) is 1.38. The van der Waals surface area contributed by atoms with Crippen molar-refractivity contribution in [3.63, 3.8) is 0 Å². The molecule has 20 heavy (non-hydrogen) atoms. The number of aliphatic hydroxyl groups is 1. The number of hydrogen-bond acceptors (Lipinski definition) is 4. The first kappa shape index (κ1) is 14.7. The zero-order valence-electron chi connectivity index (χ0n) is 10.0. The number of halogens is 2. The first-order valence-electron chi connectivity index (χ1n) is 5.46. The summed E-state index contributed by atoms with van der Waals surface area (Å²) in [7, 11) is -3.96. The number of aliphatic hydroxyl groups excluding tert-OH is 1. The van der Waals surface area contributed by atoms with Crippen molar-refractivity contribution in [2.24, 2.45) is 0 Å². The predicted octanol–water partition coefficient (Wildman–Crippen LogP) is 2.17. The number of rotatable bonds is 4. The van der Waals surface area contributed by atoms with Gasteiger partial charge in [-0.05, 0) is 30.3 Å². The molecule has 0 spiro atoms. The Morgan fingerprint density at radius 3 is 2.75 bits per heavy atom. The number of aromatic nitrogens is 1. The molecule has 0 atom stereocenters. The van der Waals surface area contributed by atoms with Crippen LogP contribution in [0.2, 0.25) is 5.02 Å². The van der Waals surface area contributed by atoms with Crippen LogP contribution in [-0.2, 0) is 16.6 Å². The average molecular weight is 317 g/mol. The molecule has 1 heterocycles. The highest BCUT2D eigenvalue weighted by molar-refractivity contribution is 7.92. The van der Waals surface area contributed by atoms with Crippen LogP contribution in [0.1, 0.15) is 5.56 Å². The fourth-order valence-corrected chi connectivity index (χ4v) is 2.79. The van der Waals surface area contributed by atoms with Crippen LogP contribution in [0, 0.1) is 5.82 Å². The number of hydrogen-bond donors (Lipinski definition) is 2. The normalized spacial score (nSPS) is 11.3. The molecule has 0 saturated carbocycles. The van der Waals surface area contributed by atoms with Crippen LogP contribution in [0.5, 0.6) is 0 Å². The van der Waals surface area contributed by atoms with Crippen molar-refractivity contribution in [3.05, 3.63) is 52.9 Å². The Bertz CT molecular complexity index is 737. The highest BCUT2D eigenvalue weighted by atomic mass is 35.5. The third-order valence-corrected chi connectivity index (χ3v) is 4.13. The summed E-state index contributed by atoms with van der Waals surface area (Å²) in [4.78, 5) is 3.61. The standard InChI is InChI=1S/C12H10ClFN2O3S/c13-10-2-1-5-15-12(10)16-20(18,19)9-3-4-11(14)8(6-9)7-17/h1-6,17H,7H2,(H,15,16). The first-order chi connectivity index (χ1) is 9.44. The molecule has 5 nitrogen and oxygen atoms in total. The van der Waals surface area contributed by atoms with E-state index in [1.165, 1.54) is 12.3 Å². The molecule has 0 saturated heterocycles. The van der Waals surface area contributed by atoms with Gasteiger partial charge in [-0.2, -0.15) is 0 Å². The largest absolute Gasteiger partial charge is 0.392 e. The molecule has 2 rings (SSSR count). The highest BCUT2D eigenvalue weighted by Gasteiger charge is 2.18. The summed E-state index contributed by atoms with van der Waals surface area (Å²) in [5.74, 6) is -0.702. The van der Waals surface area contributed by atoms with Gasteiger partial charge in [-0.1, -0.05) is 11.6 Å². The van der Waals surface area contributed by atoms with E-state index in [1.54, 1.807) is 6.07 Å². The molecule has 2 aromatic rings. The molecule has 0 amide bonds. The predicted molar refractivity (Wildman–Crippen MR) is 72.4 cm³/mol. The van der Waals surface area contributed by atoms with E-state index >= 15 is 0 Å². The van der Waals surface area contributed by atoms with Crippen LogP contribution in [0.25, 0.3) is 0 Å². The van der Waals surface area contributed by atoms with Gasteiger partial charge in [0.05, 0.1) is 16.5 Å². The van der Waals surface area contributed by atoms with Crippen molar-refractivity contribution >= 4 is 27.4 Å². The summed E-state index contributed by atoms with van der Waals surface area (Å²) in [5.41, 5.74) is -0.111. The van der Waals surface area contributed by atoms with E-state index < -0.39 is 22.4 Å². The van der Waals surface area contributed by atoms with Gasteiger partial charge in [-0.3, -0.25) is 4.72 Å². The third kappa shape index (κ3) is 3.06. The minimum Gasteiger partial charge on any atom is -0.392 e. The molecule has 0 unspecified atom stereocenters. The number of pyridine rings is 1. The van der Waals surface area contributed by atoms with Crippen molar-refractivity contribution in [2.75, 3.05) is 4.72 Å². The van der Waals surface area contributed by atoms with Gasteiger partial charge >= 0.3 is 0 Å². The third-order valence-electron chi connectivity index (χ3n) is 2.49. The quantitative estimate of drug-likeness (QED) is 0.906. The lowest BCUT2D eigenvalue weighted by atomic mass is 10.2. The monoisotopic (exact) mass is 316 g/mol. The van der Waals surface area contributed by atoms with E-state index in [9.17, 15) is 12.8 Å². The van der Waals surface area contributed by atoms with Gasteiger partial charge in [0.2, 0.25) is 0 Å². The van der Waals surface area contributed by atoms with Crippen molar-refractivity contribution < 1.29 is 17.9 Å². The van der Waals surface area contributed by atoms with Crippen molar-refractivity contribution in [2.45, 2.75) is 11.5 Å². The fraction of sp³-hybridized carbons (Fsp3) is 0.0833. The molecule has 8 heteroatoms. The molecule has 1 aromatic heterocycles. The van der Waals surface area contributed by atoms with Gasteiger partial charge in [0, 0.05) is 11.8 Å². The number of benzene rings is 1. The summed E-state index contributed by atoms with van der Waals surface area (Å²) in [6, 6.07) is 6.15. The van der Waals surface area contributed by atoms with E-state index in [-0.39, 0.29) is 21.3 Å². The van der Waals surface area contributed by atoms with E-state index in [0.29, 0.717) is 0 Å². The number of anilines is 1. The minimum atomic E-state index is -3.96. The average Bonchev–Trinajstić information content (AvgIpc) is 2.41. The van der Waals surface area contributed by atoms with Crippen LogP contribution in [0.15, 0.2) is 41.4 Å². The second kappa shape index (κ2) is 5.74. The van der Waals surface area contributed by atoms with Gasteiger partial charge in [-0.15, -0.1) is 0 Å². The van der Waals surface area contributed by atoms with E-state index in [0.717, 1.165) is 18.2 Å². The van der Waals surface area contributed by atoms with E-state index in [2.05, 4.69) is 9.71 Å². The topological polar surface area (TPSA) is 79.3 Å². The lowest BCUT2D eigenvalue weighted by Crippen LogP contribution is -2.14. The van der Waals surface area contributed by atoms with Gasteiger partial charge in [0.15, 0.2) is 5.82 Å². The molecular formula is C12H10ClFN2O3S. The summed E-state index contributed by atoms with van der Waals surface area (Å²) >= 11 is 5.81. The molecule has 2 N–H and O–H groups in total. The molecule has 0 aliphatic heterocycles. The minimum absolute atomic E-state index is 0.0240. The van der Waals surface area contributed by atoms with Crippen LogP contribution >= 0.6 is 11.6 Å². The smallest absolute Gasteiger partial charge is 0.263 e. The number of sulfonamides is 1. The molecule has 0 aliphatic carbocycles. The Kier molecular flexibility index (Phi) is 4.22. The highest BCUT2D eigenvalue weighted by Crippen LogP contribution is 2.22. The zero-order valence-corrected chi connectivity index (χ0v) is 11.6. The molecule has 106 valence electrons.